The lowest BCUT2D eigenvalue weighted by Crippen LogP contribution is -2.23. The summed E-state index contributed by atoms with van der Waals surface area (Å²) in [6, 6.07) is 8.00. The van der Waals surface area contributed by atoms with Crippen LogP contribution in [-0.2, 0) is 12.8 Å². The molecule has 1 heterocycles. The van der Waals surface area contributed by atoms with Crippen LogP contribution in [-0.4, -0.2) is 23.2 Å². The van der Waals surface area contributed by atoms with Gasteiger partial charge in [0.25, 0.3) is 0 Å². The van der Waals surface area contributed by atoms with Gasteiger partial charge in [-0.1, -0.05) is 35.0 Å². The first-order valence-electron chi connectivity index (χ1n) is 5.91. The zero-order valence-electron chi connectivity index (χ0n) is 10.5. The van der Waals surface area contributed by atoms with E-state index in [1.165, 1.54) is 0 Å². The Balaban J connectivity index is 2.05. The largest absolute Gasteiger partial charge is 0.339 e. The van der Waals surface area contributed by atoms with Crippen molar-refractivity contribution in [1.29, 1.82) is 0 Å². The van der Waals surface area contributed by atoms with Crippen molar-refractivity contribution < 1.29 is 4.52 Å². The van der Waals surface area contributed by atoms with Gasteiger partial charge in [-0.15, -0.1) is 0 Å². The molecule has 0 aliphatic rings. The highest BCUT2D eigenvalue weighted by Crippen LogP contribution is 2.17. The predicted octanol–water partition coefficient (Wildman–Crippen LogP) is 2.46. The summed E-state index contributed by atoms with van der Waals surface area (Å²) in [5.74, 6) is 1.32. The number of hydrogen-bond donors (Lipinski definition) is 1. The van der Waals surface area contributed by atoms with Crippen LogP contribution >= 0.6 is 11.6 Å². The summed E-state index contributed by atoms with van der Waals surface area (Å²) in [4.78, 5) is 4.36. The second-order valence-electron chi connectivity index (χ2n) is 4.27. The Kier molecular flexibility index (Phi) is 4.33. The number of halogens is 1. The van der Waals surface area contributed by atoms with E-state index in [0.29, 0.717) is 24.2 Å². The Labute approximate surface area is 111 Å². The van der Waals surface area contributed by atoms with E-state index in [0.717, 1.165) is 17.0 Å². The maximum atomic E-state index is 6.09. The number of likely N-dealkylation sites (N-methyl/N-ethyl adjacent to an activating group) is 1. The van der Waals surface area contributed by atoms with Gasteiger partial charge >= 0.3 is 0 Å². The quantitative estimate of drug-likeness (QED) is 0.902. The number of aromatic nitrogens is 2. The highest BCUT2D eigenvalue weighted by molar-refractivity contribution is 6.31. The number of hydrogen-bond acceptors (Lipinski definition) is 4. The molecular weight excluding hydrogens is 250 g/mol. The van der Waals surface area contributed by atoms with Crippen molar-refractivity contribution in [3.63, 3.8) is 0 Å². The first kappa shape index (κ1) is 13.1. The molecule has 0 amide bonds. The number of rotatable bonds is 5. The van der Waals surface area contributed by atoms with Crippen LogP contribution in [0.25, 0.3) is 0 Å². The lowest BCUT2D eigenvalue weighted by molar-refractivity contribution is 0.361. The highest BCUT2D eigenvalue weighted by atomic mass is 35.5. The maximum Gasteiger partial charge on any atom is 0.228 e. The van der Waals surface area contributed by atoms with Crippen molar-refractivity contribution in [2.45, 2.75) is 25.8 Å². The van der Waals surface area contributed by atoms with Crippen LogP contribution in [0.3, 0.4) is 0 Å². The molecule has 4 nitrogen and oxygen atoms in total. The molecule has 18 heavy (non-hydrogen) atoms. The highest BCUT2D eigenvalue weighted by Gasteiger charge is 2.11. The summed E-state index contributed by atoms with van der Waals surface area (Å²) in [5.41, 5.74) is 1.01. The minimum absolute atomic E-state index is 0.318. The van der Waals surface area contributed by atoms with Crippen molar-refractivity contribution in [2.24, 2.45) is 0 Å². The maximum absolute atomic E-state index is 6.09. The number of nitrogens with one attached hydrogen (secondary N) is 1. The van der Waals surface area contributed by atoms with Crippen LogP contribution in [0, 0.1) is 0 Å². The SMILES string of the molecule is CNC(C)Cc1nc(Cc2ccccc2Cl)no1. The van der Waals surface area contributed by atoms with E-state index in [1.807, 2.05) is 31.3 Å². The third-order valence-corrected chi connectivity index (χ3v) is 3.16. The Morgan fingerprint density at radius 1 is 1.39 bits per heavy atom. The van der Waals surface area contributed by atoms with E-state index < -0.39 is 0 Å². The monoisotopic (exact) mass is 265 g/mol. The van der Waals surface area contributed by atoms with Gasteiger partial charge in [0, 0.05) is 23.9 Å². The summed E-state index contributed by atoms with van der Waals surface area (Å²) >= 11 is 6.09. The van der Waals surface area contributed by atoms with E-state index in [1.54, 1.807) is 0 Å². The van der Waals surface area contributed by atoms with E-state index in [2.05, 4.69) is 22.4 Å². The molecule has 0 radical (unpaired) electrons. The summed E-state index contributed by atoms with van der Waals surface area (Å²) in [6.07, 6.45) is 1.32. The second-order valence-corrected chi connectivity index (χ2v) is 4.67. The summed E-state index contributed by atoms with van der Waals surface area (Å²) in [5, 5.41) is 7.83. The zero-order chi connectivity index (χ0) is 13.0. The minimum Gasteiger partial charge on any atom is -0.339 e. The molecule has 0 saturated carbocycles. The molecule has 1 aromatic heterocycles. The van der Waals surface area contributed by atoms with Crippen LogP contribution in [0.1, 0.15) is 24.2 Å². The van der Waals surface area contributed by atoms with Gasteiger partial charge in [-0.05, 0) is 25.6 Å². The molecule has 0 fully saturated rings. The summed E-state index contributed by atoms with van der Waals surface area (Å²) in [7, 11) is 1.91. The van der Waals surface area contributed by atoms with Crippen LogP contribution in [0.4, 0.5) is 0 Å². The Morgan fingerprint density at radius 3 is 2.89 bits per heavy atom. The van der Waals surface area contributed by atoms with Gasteiger partial charge in [0.1, 0.15) is 0 Å². The van der Waals surface area contributed by atoms with Crippen molar-refractivity contribution in [1.82, 2.24) is 15.5 Å². The van der Waals surface area contributed by atoms with E-state index in [9.17, 15) is 0 Å². The van der Waals surface area contributed by atoms with Crippen molar-refractivity contribution in [2.75, 3.05) is 7.05 Å². The van der Waals surface area contributed by atoms with Crippen LogP contribution in [0.2, 0.25) is 5.02 Å². The van der Waals surface area contributed by atoms with Gasteiger partial charge in [0.05, 0.1) is 0 Å². The van der Waals surface area contributed by atoms with Crippen molar-refractivity contribution in [3.05, 3.63) is 46.6 Å². The fourth-order valence-electron chi connectivity index (χ4n) is 1.62. The average Bonchev–Trinajstić information content (AvgIpc) is 2.79. The van der Waals surface area contributed by atoms with Crippen molar-refractivity contribution in [3.8, 4) is 0 Å². The molecule has 0 aliphatic heterocycles. The second kappa shape index (κ2) is 5.98. The molecule has 0 bridgehead atoms. The number of nitrogens with zero attached hydrogens (tertiary/aromatic N) is 2. The fraction of sp³-hybridized carbons (Fsp3) is 0.385. The molecule has 1 atom stereocenters. The standard InChI is InChI=1S/C13H16ClN3O/c1-9(15-2)7-13-16-12(17-18-13)8-10-5-3-4-6-11(10)14/h3-6,9,15H,7-8H2,1-2H3. The van der Waals surface area contributed by atoms with Crippen molar-refractivity contribution >= 4 is 11.6 Å². The van der Waals surface area contributed by atoms with E-state index in [4.69, 9.17) is 16.1 Å². The molecule has 1 aromatic carbocycles. The fourth-order valence-corrected chi connectivity index (χ4v) is 1.82. The molecule has 96 valence electrons. The van der Waals surface area contributed by atoms with Gasteiger partial charge in [-0.25, -0.2) is 0 Å². The minimum atomic E-state index is 0.318. The Bertz CT molecular complexity index is 512. The molecule has 2 rings (SSSR count). The molecule has 0 saturated heterocycles. The first-order valence-corrected chi connectivity index (χ1v) is 6.29. The van der Waals surface area contributed by atoms with Gasteiger partial charge in [0.15, 0.2) is 5.82 Å². The van der Waals surface area contributed by atoms with Crippen LogP contribution < -0.4 is 5.32 Å². The third-order valence-electron chi connectivity index (χ3n) is 2.79. The average molecular weight is 266 g/mol. The van der Waals surface area contributed by atoms with Gasteiger partial charge < -0.3 is 9.84 Å². The first-order chi connectivity index (χ1) is 8.69. The van der Waals surface area contributed by atoms with Gasteiger partial charge in [0.2, 0.25) is 5.89 Å². The van der Waals surface area contributed by atoms with Gasteiger partial charge in [-0.3, -0.25) is 0 Å². The molecule has 2 aromatic rings. The summed E-state index contributed by atoms with van der Waals surface area (Å²) < 4.78 is 5.21. The molecule has 0 aliphatic carbocycles. The Hall–Kier alpha value is -1.39. The Morgan fingerprint density at radius 2 is 2.17 bits per heavy atom. The molecular formula is C13H16ClN3O. The topological polar surface area (TPSA) is 51.0 Å². The predicted molar refractivity (Wildman–Crippen MR) is 70.8 cm³/mol. The van der Waals surface area contributed by atoms with E-state index >= 15 is 0 Å². The van der Waals surface area contributed by atoms with E-state index in [-0.39, 0.29) is 0 Å². The molecule has 0 spiro atoms. The van der Waals surface area contributed by atoms with Gasteiger partial charge in [-0.2, -0.15) is 4.98 Å². The summed E-state index contributed by atoms with van der Waals surface area (Å²) in [6.45, 7) is 2.07. The smallest absolute Gasteiger partial charge is 0.228 e. The normalized spacial score (nSPS) is 12.6. The molecule has 1 N–H and O–H groups in total. The zero-order valence-corrected chi connectivity index (χ0v) is 11.2. The third kappa shape index (κ3) is 3.31. The lowest BCUT2D eigenvalue weighted by atomic mass is 10.1. The molecule has 5 heteroatoms. The molecule has 1 unspecified atom stereocenters. The lowest BCUT2D eigenvalue weighted by Gasteiger charge is -2.04. The van der Waals surface area contributed by atoms with Crippen LogP contribution in [0.15, 0.2) is 28.8 Å². The van der Waals surface area contributed by atoms with Crippen LogP contribution in [0.5, 0.6) is 0 Å². The number of benzene rings is 1.